The van der Waals surface area contributed by atoms with Crippen LogP contribution in [0.3, 0.4) is 0 Å². The third-order valence-corrected chi connectivity index (χ3v) is 1.41. The average molecular weight is 118 g/mol. The van der Waals surface area contributed by atoms with Gasteiger partial charge in [0.25, 0.3) is 0 Å². The van der Waals surface area contributed by atoms with Gasteiger partial charge in [-0.2, -0.15) is 0 Å². The largest absolute Gasteiger partial charge is 0.424 e. The zero-order chi connectivity index (χ0) is 6.28. The molecule has 0 aliphatic carbocycles. The molecule has 44 valence electrons. The summed E-state index contributed by atoms with van der Waals surface area (Å²) in [6.07, 6.45) is 0. The van der Waals surface area contributed by atoms with Gasteiger partial charge in [-0.3, -0.25) is 0 Å². The van der Waals surface area contributed by atoms with Crippen LogP contribution in [0, 0.1) is 0 Å². The van der Waals surface area contributed by atoms with Crippen molar-refractivity contribution in [2.75, 3.05) is 7.11 Å². The lowest BCUT2D eigenvalue weighted by molar-refractivity contribution is 0.430. The number of rotatable bonds is 1. The Morgan fingerprint density at radius 2 is 1.43 bits per heavy atom. The first-order chi connectivity index (χ1) is 3.27. The van der Waals surface area contributed by atoms with Crippen molar-refractivity contribution in [1.29, 1.82) is 0 Å². The highest BCUT2D eigenvalue weighted by molar-refractivity contribution is 6.48. The lowest BCUT2D eigenvalue weighted by atomic mass is 11.3. The Kier molecular flexibility index (Phi) is 13.3. The van der Waals surface area contributed by atoms with Gasteiger partial charge in [0, 0.05) is 7.11 Å². The second-order valence-electron chi connectivity index (χ2n) is 1.28. The van der Waals surface area contributed by atoms with Gasteiger partial charge in [0.05, 0.1) is 0 Å². The van der Waals surface area contributed by atoms with Crippen LogP contribution in [0.4, 0.5) is 0 Å². The summed E-state index contributed by atoms with van der Waals surface area (Å²) in [5.41, 5.74) is 0. The third kappa shape index (κ3) is 24.7. The van der Waals surface area contributed by atoms with E-state index < -0.39 is 9.04 Å². The molecule has 0 rings (SSSR count). The Balaban J connectivity index is 0. The number of hydrogen-bond acceptors (Lipinski definition) is 1. The van der Waals surface area contributed by atoms with Crippen LogP contribution >= 0.6 is 0 Å². The van der Waals surface area contributed by atoms with Crippen LogP contribution in [0.5, 0.6) is 0 Å². The van der Waals surface area contributed by atoms with Crippen molar-refractivity contribution in [3.8, 4) is 0 Å². The van der Waals surface area contributed by atoms with Crippen molar-refractivity contribution >= 4 is 9.04 Å². The fraction of sp³-hybridized carbons (Fsp3) is 0.600. The normalized spacial score (nSPS) is 7.43. The second-order valence-corrected chi connectivity index (χ2v) is 3.85. The van der Waals surface area contributed by atoms with Crippen molar-refractivity contribution in [3.05, 3.63) is 13.2 Å². The van der Waals surface area contributed by atoms with Crippen LogP contribution in [-0.4, -0.2) is 16.2 Å². The molecule has 0 radical (unpaired) electrons. The smallest absolute Gasteiger partial charge is 0.170 e. The third-order valence-electron chi connectivity index (χ3n) is 0.471. The molecule has 7 heavy (non-hydrogen) atoms. The van der Waals surface area contributed by atoms with Crippen LogP contribution in [0.25, 0.3) is 0 Å². The van der Waals surface area contributed by atoms with E-state index in [1.54, 1.807) is 7.11 Å². The van der Waals surface area contributed by atoms with Crippen molar-refractivity contribution in [2.45, 2.75) is 13.1 Å². The first-order valence-electron chi connectivity index (χ1n) is 2.30. The van der Waals surface area contributed by atoms with Crippen LogP contribution in [-0.2, 0) is 4.43 Å². The Bertz CT molecular complexity index is 29.3. The number of hydrogen-bond donors (Lipinski definition) is 0. The highest BCUT2D eigenvalue weighted by Crippen LogP contribution is 1.73. The molecule has 0 unspecified atom stereocenters. The minimum Gasteiger partial charge on any atom is -0.424 e. The summed E-state index contributed by atoms with van der Waals surface area (Å²) < 4.78 is 4.89. The van der Waals surface area contributed by atoms with E-state index in [0.29, 0.717) is 0 Å². The Labute approximate surface area is 47.7 Å². The monoisotopic (exact) mass is 118 g/mol. The summed E-state index contributed by atoms with van der Waals surface area (Å²) in [7, 11) is 1.11. The van der Waals surface area contributed by atoms with Gasteiger partial charge >= 0.3 is 0 Å². The van der Waals surface area contributed by atoms with Gasteiger partial charge in [-0.25, -0.2) is 0 Å². The minimum absolute atomic E-state index is 0.650. The maximum atomic E-state index is 4.89. The summed E-state index contributed by atoms with van der Waals surface area (Å²) in [4.78, 5) is 0. The fourth-order valence-electron chi connectivity index (χ4n) is 0. The molecule has 0 aromatic carbocycles. The van der Waals surface area contributed by atoms with Gasteiger partial charge in [-0.1, -0.05) is 0 Å². The van der Waals surface area contributed by atoms with E-state index in [4.69, 9.17) is 4.43 Å². The maximum Gasteiger partial charge on any atom is 0.170 e. The first-order valence-corrected chi connectivity index (χ1v) is 5.08. The predicted molar refractivity (Wildman–Crippen MR) is 37.1 cm³/mol. The van der Waals surface area contributed by atoms with Crippen molar-refractivity contribution in [1.82, 2.24) is 0 Å². The Morgan fingerprint density at radius 3 is 1.43 bits per heavy atom. The summed E-state index contributed by atoms with van der Waals surface area (Å²) in [5.74, 6) is 0. The molecule has 0 amide bonds. The topological polar surface area (TPSA) is 9.23 Å². The van der Waals surface area contributed by atoms with Gasteiger partial charge in [0.2, 0.25) is 0 Å². The van der Waals surface area contributed by atoms with Crippen LogP contribution in [0.2, 0.25) is 13.1 Å². The standard InChI is InChI=1S/C3H10OSi.C2H4/c1-4-5(2)3;1-2/h5H,1-3H3;1-2H2. The van der Waals surface area contributed by atoms with E-state index in [0.717, 1.165) is 0 Å². The molecule has 0 atom stereocenters. The van der Waals surface area contributed by atoms with Crippen LogP contribution < -0.4 is 0 Å². The van der Waals surface area contributed by atoms with Gasteiger partial charge in [0.15, 0.2) is 9.04 Å². The van der Waals surface area contributed by atoms with E-state index in [2.05, 4.69) is 26.3 Å². The molecule has 2 heteroatoms. The second kappa shape index (κ2) is 9.32. The summed E-state index contributed by atoms with van der Waals surface area (Å²) in [6, 6.07) is 0. The molecule has 0 bridgehead atoms. The van der Waals surface area contributed by atoms with Crippen molar-refractivity contribution in [3.63, 3.8) is 0 Å². The molecule has 0 N–H and O–H groups in total. The minimum atomic E-state index is -0.650. The molecule has 0 saturated carbocycles. The molecule has 0 spiro atoms. The van der Waals surface area contributed by atoms with Crippen molar-refractivity contribution < 1.29 is 4.43 Å². The summed E-state index contributed by atoms with van der Waals surface area (Å²) >= 11 is 0. The summed E-state index contributed by atoms with van der Waals surface area (Å²) in [6.45, 7) is 10.3. The molecule has 1 nitrogen and oxygen atoms in total. The van der Waals surface area contributed by atoms with Crippen LogP contribution in [0.15, 0.2) is 13.2 Å². The quantitative estimate of drug-likeness (QED) is 0.374. The average Bonchev–Trinajstić information content (AvgIpc) is 1.73. The summed E-state index contributed by atoms with van der Waals surface area (Å²) in [5, 5.41) is 0. The van der Waals surface area contributed by atoms with Crippen molar-refractivity contribution in [2.24, 2.45) is 0 Å². The van der Waals surface area contributed by atoms with E-state index in [1.807, 2.05) is 0 Å². The molecule has 0 aromatic rings. The van der Waals surface area contributed by atoms with Gasteiger partial charge in [-0.05, 0) is 13.1 Å². The molecular weight excluding hydrogens is 104 g/mol. The van der Waals surface area contributed by atoms with E-state index in [9.17, 15) is 0 Å². The van der Waals surface area contributed by atoms with Gasteiger partial charge in [0.1, 0.15) is 0 Å². The highest BCUT2D eigenvalue weighted by Gasteiger charge is 1.83. The molecule has 0 aliphatic heterocycles. The zero-order valence-corrected chi connectivity index (χ0v) is 6.55. The fourth-order valence-corrected chi connectivity index (χ4v) is 0. The highest BCUT2D eigenvalue weighted by atomic mass is 28.3. The molecule has 0 aromatic heterocycles. The van der Waals surface area contributed by atoms with E-state index in [1.165, 1.54) is 0 Å². The Hall–Kier alpha value is -0.0831. The van der Waals surface area contributed by atoms with Crippen LogP contribution in [0.1, 0.15) is 0 Å². The molecule has 0 aliphatic rings. The van der Waals surface area contributed by atoms with Gasteiger partial charge in [-0.15, -0.1) is 13.2 Å². The first kappa shape index (κ1) is 10.0. The maximum absolute atomic E-state index is 4.89. The zero-order valence-electron chi connectivity index (χ0n) is 5.40. The molecular formula is C5H14OSi. The van der Waals surface area contributed by atoms with E-state index in [-0.39, 0.29) is 0 Å². The van der Waals surface area contributed by atoms with Gasteiger partial charge < -0.3 is 4.43 Å². The van der Waals surface area contributed by atoms with E-state index >= 15 is 0 Å². The molecule has 0 heterocycles. The molecule has 0 saturated heterocycles. The SMILES string of the molecule is C=C.CO[SiH](C)C. The molecule has 0 fully saturated rings. The lowest BCUT2D eigenvalue weighted by Crippen LogP contribution is -2.00. The lowest BCUT2D eigenvalue weighted by Gasteiger charge is -1.92. The Morgan fingerprint density at radius 1 is 1.29 bits per heavy atom. The predicted octanol–water partition coefficient (Wildman–Crippen LogP) is 1.42.